The number of fused-ring (bicyclic) bond motifs is 1. The molecule has 0 saturated heterocycles. The average Bonchev–Trinajstić information content (AvgIpc) is 2.89. The molecule has 0 radical (unpaired) electrons. The molecule has 0 spiro atoms. The van der Waals surface area contributed by atoms with Crippen LogP contribution in [0.2, 0.25) is 0 Å². The number of anilines is 1. The van der Waals surface area contributed by atoms with Crippen LogP contribution in [0.1, 0.15) is 5.56 Å². The van der Waals surface area contributed by atoms with Crippen LogP contribution in [0.4, 0.5) is 23.8 Å². The minimum Gasteiger partial charge on any atom is -0.465 e. The third-order valence-corrected chi connectivity index (χ3v) is 3.65. The van der Waals surface area contributed by atoms with Gasteiger partial charge in [0.05, 0.1) is 18.3 Å². The molecular formula is C14H13F3N4O2. The molecule has 1 aromatic heterocycles. The molecular weight excluding hydrogens is 313 g/mol. The summed E-state index contributed by atoms with van der Waals surface area (Å²) in [4.78, 5) is 12.5. The van der Waals surface area contributed by atoms with Crippen LogP contribution < -0.4 is 10.6 Å². The highest BCUT2D eigenvalue weighted by Gasteiger charge is 2.32. The summed E-state index contributed by atoms with van der Waals surface area (Å²) < 4.78 is 39.3. The van der Waals surface area contributed by atoms with Gasteiger partial charge in [-0.1, -0.05) is 12.1 Å². The topological polar surface area (TPSA) is 84.4 Å². The summed E-state index contributed by atoms with van der Waals surface area (Å²) in [7, 11) is 0. The first kappa shape index (κ1) is 15.3. The van der Waals surface area contributed by atoms with Gasteiger partial charge in [0.25, 0.3) is 0 Å². The molecule has 1 amide bonds. The lowest BCUT2D eigenvalue weighted by Crippen LogP contribution is -2.48. The summed E-state index contributed by atoms with van der Waals surface area (Å²) in [6.07, 6.45) is -4.17. The minimum atomic E-state index is -4.42. The van der Waals surface area contributed by atoms with E-state index in [4.69, 9.17) is 5.73 Å². The fraction of sp³-hybridized carbons (Fsp3) is 0.286. The van der Waals surface area contributed by atoms with Crippen molar-refractivity contribution < 1.29 is 23.1 Å². The second-order valence-electron chi connectivity index (χ2n) is 5.29. The van der Waals surface area contributed by atoms with Gasteiger partial charge < -0.3 is 10.8 Å². The zero-order valence-corrected chi connectivity index (χ0v) is 11.8. The smallest absolute Gasteiger partial charge is 0.416 e. The third-order valence-electron chi connectivity index (χ3n) is 3.65. The van der Waals surface area contributed by atoms with Crippen LogP contribution in [0.15, 0.2) is 30.5 Å². The zero-order valence-electron chi connectivity index (χ0n) is 11.8. The maximum atomic E-state index is 12.6. The first-order chi connectivity index (χ1) is 10.8. The summed E-state index contributed by atoms with van der Waals surface area (Å²) in [6, 6.07) is 4.13. The first-order valence-electron chi connectivity index (χ1n) is 6.77. The van der Waals surface area contributed by atoms with Crippen molar-refractivity contribution in [2.75, 3.05) is 11.4 Å². The predicted octanol–water partition coefficient (Wildman–Crippen LogP) is 2.39. The summed E-state index contributed by atoms with van der Waals surface area (Å²) in [5, 5.41) is 13.4. The molecule has 6 nitrogen and oxygen atoms in total. The summed E-state index contributed by atoms with van der Waals surface area (Å²) in [5.74, 6) is 0.318. The summed E-state index contributed by atoms with van der Waals surface area (Å²) >= 11 is 0. The van der Waals surface area contributed by atoms with Crippen LogP contribution >= 0.6 is 0 Å². The number of benzene rings is 1. The number of amides is 1. The van der Waals surface area contributed by atoms with Crippen molar-refractivity contribution in [3.63, 3.8) is 0 Å². The van der Waals surface area contributed by atoms with Crippen molar-refractivity contribution in [2.24, 2.45) is 5.73 Å². The molecule has 0 bridgehead atoms. The minimum absolute atomic E-state index is 0.106. The van der Waals surface area contributed by atoms with Crippen LogP contribution in [0.25, 0.3) is 11.1 Å². The van der Waals surface area contributed by atoms with E-state index in [-0.39, 0.29) is 12.6 Å². The van der Waals surface area contributed by atoms with Gasteiger partial charge in [0.2, 0.25) is 0 Å². The fourth-order valence-electron chi connectivity index (χ4n) is 2.61. The van der Waals surface area contributed by atoms with E-state index in [9.17, 15) is 23.1 Å². The Morgan fingerprint density at radius 1 is 1.26 bits per heavy atom. The van der Waals surface area contributed by atoms with E-state index < -0.39 is 17.8 Å². The van der Waals surface area contributed by atoms with Crippen molar-refractivity contribution in [3.05, 3.63) is 36.0 Å². The second kappa shape index (κ2) is 5.27. The number of nitrogens with two attached hydrogens (primary N) is 1. The highest BCUT2D eigenvalue weighted by Crippen LogP contribution is 2.35. The third kappa shape index (κ3) is 2.74. The van der Waals surface area contributed by atoms with E-state index >= 15 is 0 Å². The fourth-order valence-corrected chi connectivity index (χ4v) is 2.61. The average molecular weight is 326 g/mol. The van der Waals surface area contributed by atoms with Gasteiger partial charge in [0.1, 0.15) is 5.82 Å². The van der Waals surface area contributed by atoms with Crippen LogP contribution in [-0.2, 0) is 12.7 Å². The van der Waals surface area contributed by atoms with Crippen molar-refractivity contribution in [3.8, 4) is 11.1 Å². The summed E-state index contributed by atoms with van der Waals surface area (Å²) in [5.41, 5.74) is 5.95. The van der Waals surface area contributed by atoms with E-state index in [1.807, 2.05) is 0 Å². The monoisotopic (exact) mass is 326 g/mol. The number of carbonyl (C=O) groups is 1. The predicted molar refractivity (Wildman–Crippen MR) is 76.0 cm³/mol. The van der Waals surface area contributed by atoms with Crippen LogP contribution in [0, 0.1) is 0 Å². The molecule has 0 saturated carbocycles. The maximum Gasteiger partial charge on any atom is 0.416 e. The molecule has 0 aliphatic carbocycles. The molecule has 1 aliphatic heterocycles. The Hall–Kier alpha value is -2.55. The lowest BCUT2D eigenvalue weighted by atomic mass is 10.0. The molecule has 2 heterocycles. The molecule has 1 atom stereocenters. The number of halogens is 3. The molecule has 23 heavy (non-hydrogen) atoms. The van der Waals surface area contributed by atoms with E-state index in [0.29, 0.717) is 23.5 Å². The molecule has 1 unspecified atom stereocenters. The Bertz CT molecular complexity index is 739. The molecule has 1 aliphatic rings. The van der Waals surface area contributed by atoms with Gasteiger partial charge in [0.15, 0.2) is 0 Å². The Labute approximate surface area is 128 Å². The van der Waals surface area contributed by atoms with Crippen LogP contribution in [-0.4, -0.2) is 33.6 Å². The van der Waals surface area contributed by atoms with Gasteiger partial charge in [-0.25, -0.2) is 9.48 Å². The molecule has 9 heteroatoms. The molecule has 3 N–H and O–H groups in total. The van der Waals surface area contributed by atoms with E-state index in [2.05, 4.69) is 5.10 Å². The zero-order chi connectivity index (χ0) is 16.8. The normalized spacial score (nSPS) is 17.9. The maximum absolute atomic E-state index is 12.6. The van der Waals surface area contributed by atoms with Crippen molar-refractivity contribution in [1.82, 2.24) is 9.78 Å². The van der Waals surface area contributed by atoms with Gasteiger partial charge in [-0.3, -0.25) is 4.90 Å². The largest absolute Gasteiger partial charge is 0.465 e. The highest BCUT2D eigenvalue weighted by molar-refractivity contribution is 5.91. The van der Waals surface area contributed by atoms with Gasteiger partial charge in [-0.05, 0) is 17.7 Å². The highest BCUT2D eigenvalue weighted by atomic mass is 19.4. The SMILES string of the molecule is NC1CN(C(=O)O)c2c(-c3ccc(C(F)(F)F)cc3)cnn2C1. The van der Waals surface area contributed by atoms with Gasteiger partial charge in [-0.15, -0.1) is 0 Å². The lowest BCUT2D eigenvalue weighted by Gasteiger charge is -2.30. The first-order valence-corrected chi connectivity index (χ1v) is 6.77. The molecule has 3 rings (SSSR count). The van der Waals surface area contributed by atoms with Gasteiger partial charge in [0, 0.05) is 18.2 Å². The van der Waals surface area contributed by atoms with Crippen LogP contribution in [0.5, 0.6) is 0 Å². The van der Waals surface area contributed by atoms with Crippen molar-refractivity contribution in [2.45, 2.75) is 18.8 Å². The number of hydrogen-bond donors (Lipinski definition) is 2. The van der Waals surface area contributed by atoms with Crippen molar-refractivity contribution >= 4 is 11.9 Å². The molecule has 1 aromatic carbocycles. The summed E-state index contributed by atoms with van der Waals surface area (Å²) in [6.45, 7) is 0.453. The Balaban J connectivity index is 2.04. The van der Waals surface area contributed by atoms with Gasteiger partial charge >= 0.3 is 12.3 Å². The van der Waals surface area contributed by atoms with Crippen molar-refractivity contribution in [1.29, 1.82) is 0 Å². The second-order valence-corrected chi connectivity index (χ2v) is 5.29. The van der Waals surface area contributed by atoms with E-state index in [0.717, 1.165) is 17.0 Å². The Morgan fingerprint density at radius 3 is 2.48 bits per heavy atom. The Morgan fingerprint density at radius 2 is 1.91 bits per heavy atom. The van der Waals surface area contributed by atoms with Crippen LogP contribution in [0.3, 0.4) is 0 Å². The Kier molecular flexibility index (Phi) is 3.52. The molecule has 0 fully saturated rings. The standard InChI is InChI=1S/C14H13F3N4O2/c15-14(16,17)9-3-1-8(2-4-9)11-5-19-21-7-10(18)6-20(12(11)21)13(22)23/h1-5,10H,6-7,18H2,(H,22,23). The quantitative estimate of drug-likeness (QED) is 0.843. The number of hydrogen-bond acceptors (Lipinski definition) is 3. The van der Waals surface area contributed by atoms with E-state index in [1.165, 1.54) is 23.0 Å². The number of alkyl halides is 3. The number of nitrogens with zero attached hydrogens (tertiary/aromatic N) is 3. The number of rotatable bonds is 1. The lowest BCUT2D eigenvalue weighted by molar-refractivity contribution is -0.137. The number of carboxylic acid groups (broad SMARTS) is 1. The molecule has 122 valence electrons. The van der Waals surface area contributed by atoms with Gasteiger partial charge in [-0.2, -0.15) is 18.3 Å². The number of aromatic nitrogens is 2. The molecule has 2 aromatic rings. The van der Waals surface area contributed by atoms with E-state index in [1.54, 1.807) is 0 Å².